The van der Waals surface area contributed by atoms with Crippen LogP contribution >= 0.6 is 34.9 Å². The van der Waals surface area contributed by atoms with E-state index in [4.69, 9.17) is 23.2 Å². The number of fused-ring (bicyclic) bond motifs is 1. The van der Waals surface area contributed by atoms with E-state index >= 15 is 0 Å². The van der Waals surface area contributed by atoms with Gasteiger partial charge in [-0.25, -0.2) is 0 Å². The van der Waals surface area contributed by atoms with E-state index in [1.54, 1.807) is 10.6 Å². The van der Waals surface area contributed by atoms with Crippen molar-refractivity contribution in [1.82, 2.24) is 23.5 Å². The molecule has 8 heteroatoms. The fraction of sp³-hybridized carbons (Fsp3) is 0.273. The Bertz CT molecular complexity index is 777. The molecule has 5 nitrogen and oxygen atoms in total. The molecule has 4 rings (SSSR count). The Kier molecular flexibility index (Phi) is 2.51. The predicted octanol–water partition coefficient (Wildman–Crippen LogP) is 3.46. The lowest BCUT2D eigenvalue weighted by Gasteiger charge is -2.09. The summed E-state index contributed by atoms with van der Waals surface area (Å²) in [6.45, 7) is 0. The highest BCUT2D eigenvalue weighted by molar-refractivity contribution is 7.00. The molecule has 0 saturated heterocycles. The molecule has 1 aliphatic rings. The van der Waals surface area contributed by atoms with E-state index in [1.807, 2.05) is 6.07 Å². The van der Waals surface area contributed by atoms with Crippen molar-refractivity contribution in [2.75, 3.05) is 0 Å². The zero-order valence-corrected chi connectivity index (χ0v) is 11.9. The summed E-state index contributed by atoms with van der Waals surface area (Å²) >= 11 is 13.7. The van der Waals surface area contributed by atoms with Gasteiger partial charge in [-0.3, -0.25) is 4.57 Å². The summed E-state index contributed by atoms with van der Waals surface area (Å²) in [4.78, 5) is 0. The van der Waals surface area contributed by atoms with Crippen molar-refractivity contribution >= 4 is 46.0 Å². The second kappa shape index (κ2) is 4.13. The van der Waals surface area contributed by atoms with Gasteiger partial charge in [0.25, 0.3) is 0 Å². The van der Waals surface area contributed by atoms with Gasteiger partial charge in [-0.1, -0.05) is 11.6 Å². The van der Waals surface area contributed by atoms with Gasteiger partial charge in [-0.05, 0) is 36.6 Å². The normalized spacial score (nSPS) is 15.3. The average molecular weight is 312 g/mol. The van der Waals surface area contributed by atoms with Gasteiger partial charge >= 0.3 is 0 Å². The van der Waals surface area contributed by atoms with E-state index in [2.05, 4.69) is 18.9 Å². The molecule has 19 heavy (non-hydrogen) atoms. The largest absolute Gasteiger partial charge is 0.266 e. The minimum atomic E-state index is 0.310. The Hall–Kier alpha value is -1.24. The fourth-order valence-corrected chi connectivity index (χ4v) is 3.10. The highest BCUT2D eigenvalue weighted by Crippen LogP contribution is 2.42. The first kappa shape index (κ1) is 11.6. The standard InChI is InChI=1S/C11H7Cl2N5S/c12-6-3-4-7-8(17-19-16-7)9(6)18-10(5-1-2-5)14-15-11(18)13/h3-5H,1-2H2. The second-order valence-corrected chi connectivity index (χ2v) is 5.74. The monoisotopic (exact) mass is 311 g/mol. The van der Waals surface area contributed by atoms with Crippen LogP contribution in [0.1, 0.15) is 24.6 Å². The summed E-state index contributed by atoms with van der Waals surface area (Å²) in [6, 6.07) is 3.65. The molecule has 2 heterocycles. The van der Waals surface area contributed by atoms with E-state index in [0.29, 0.717) is 16.2 Å². The van der Waals surface area contributed by atoms with E-state index in [0.717, 1.165) is 47.1 Å². The zero-order valence-electron chi connectivity index (χ0n) is 9.55. The molecule has 0 N–H and O–H groups in total. The van der Waals surface area contributed by atoms with Crippen LogP contribution in [0, 0.1) is 0 Å². The van der Waals surface area contributed by atoms with Crippen molar-refractivity contribution in [2.45, 2.75) is 18.8 Å². The smallest absolute Gasteiger partial charge is 0.229 e. The third kappa shape index (κ3) is 1.74. The minimum Gasteiger partial charge on any atom is -0.266 e. The molecule has 0 radical (unpaired) electrons. The molecule has 0 atom stereocenters. The molecule has 1 fully saturated rings. The summed E-state index contributed by atoms with van der Waals surface area (Å²) in [5, 5.41) is 9.01. The summed E-state index contributed by atoms with van der Waals surface area (Å²) < 4.78 is 10.3. The number of rotatable bonds is 2. The lowest BCUT2D eigenvalue weighted by atomic mass is 10.2. The van der Waals surface area contributed by atoms with Crippen LogP contribution in [0.5, 0.6) is 0 Å². The highest BCUT2D eigenvalue weighted by Gasteiger charge is 2.32. The van der Waals surface area contributed by atoms with Gasteiger partial charge in [0.05, 0.1) is 22.4 Å². The van der Waals surface area contributed by atoms with E-state index in [9.17, 15) is 0 Å². The van der Waals surface area contributed by atoms with Crippen LogP contribution in [-0.2, 0) is 0 Å². The SMILES string of the molecule is Clc1ccc2nsnc2c1-n1c(Cl)nnc1C1CC1. The number of hydrogen-bond acceptors (Lipinski definition) is 5. The van der Waals surface area contributed by atoms with E-state index in [1.165, 1.54) is 0 Å². The quantitative estimate of drug-likeness (QED) is 0.727. The van der Waals surface area contributed by atoms with Crippen molar-refractivity contribution in [2.24, 2.45) is 0 Å². The van der Waals surface area contributed by atoms with Crippen LogP contribution in [0.25, 0.3) is 16.7 Å². The van der Waals surface area contributed by atoms with Crippen LogP contribution in [0.4, 0.5) is 0 Å². The van der Waals surface area contributed by atoms with Gasteiger partial charge < -0.3 is 0 Å². The number of nitrogens with zero attached hydrogens (tertiary/aromatic N) is 5. The van der Waals surface area contributed by atoms with Crippen molar-refractivity contribution in [1.29, 1.82) is 0 Å². The molecule has 0 bridgehead atoms. The van der Waals surface area contributed by atoms with Crippen LogP contribution in [0.3, 0.4) is 0 Å². The molecule has 0 amide bonds. The highest BCUT2D eigenvalue weighted by atomic mass is 35.5. The Morgan fingerprint density at radius 2 is 2.00 bits per heavy atom. The summed E-state index contributed by atoms with van der Waals surface area (Å²) in [6.07, 6.45) is 2.22. The fourth-order valence-electron chi connectivity index (χ4n) is 2.11. The van der Waals surface area contributed by atoms with Gasteiger partial charge in [-0.15, -0.1) is 10.2 Å². The Labute approximate surface area is 122 Å². The maximum atomic E-state index is 6.32. The van der Waals surface area contributed by atoms with E-state index < -0.39 is 0 Å². The van der Waals surface area contributed by atoms with Crippen molar-refractivity contribution < 1.29 is 0 Å². The first-order valence-electron chi connectivity index (χ1n) is 5.77. The molecule has 1 saturated carbocycles. The van der Waals surface area contributed by atoms with Crippen LogP contribution in [0.15, 0.2) is 12.1 Å². The number of hydrogen-bond donors (Lipinski definition) is 0. The molecule has 0 unspecified atom stereocenters. The van der Waals surface area contributed by atoms with Crippen LogP contribution < -0.4 is 0 Å². The maximum absolute atomic E-state index is 6.32. The number of halogens is 2. The van der Waals surface area contributed by atoms with Crippen molar-refractivity contribution in [3.8, 4) is 5.69 Å². The zero-order chi connectivity index (χ0) is 13.0. The molecule has 1 aliphatic carbocycles. The van der Waals surface area contributed by atoms with Crippen molar-refractivity contribution in [3.63, 3.8) is 0 Å². The second-order valence-electron chi connectivity index (χ2n) is 4.46. The molecule has 2 aromatic heterocycles. The van der Waals surface area contributed by atoms with Gasteiger partial charge in [-0.2, -0.15) is 8.75 Å². The van der Waals surface area contributed by atoms with E-state index in [-0.39, 0.29) is 0 Å². The number of benzene rings is 1. The van der Waals surface area contributed by atoms with Gasteiger partial charge in [0, 0.05) is 5.92 Å². The topological polar surface area (TPSA) is 56.5 Å². The first-order valence-corrected chi connectivity index (χ1v) is 7.26. The van der Waals surface area contributed by atoms with Crippen LogP contribution in [-0.4, -0.2) is 23.5 Å². The molecule has 0 spiro atoms. The van der Waals surface area contributed by atoms with Crippen LogP contribution in [0.2, 0.25) is 10.3 Å². The number of aromatic nitrogens is 5. The Balaban J connectivity index is 2.06. The molecular weight excluding hydrogens is 305 g/mol. The Morgan fingerprint density at radius 1 is 1.16 bits per heavy atom. The summed E-state index contributed by atoms with van der Waals surface area (Å²) in [7, 11) is 0. The molecule has 1 aromatic carbocycles. The molecule has 3 aromatic rings. The van der Waals surface area contributed by atoms with Crippen molar-refractivity contribution in [3.05, 3.63) is 28.3 Å². The third-order valence-corrected chi connectivity index (χ3v) is 4.26. The van der Waals surface area contributed by atoms with Gasteiger partial charge in [0.15, 0.2) is 0 Å². The van der Waals surface area contributed by atoms with Gasteiger partial charge in [0.1, 0.15) is 16.9 Å². The average Bonchev–Trinajstić information content (AvgIpc) is 3.01. The predicted molar refractivity (Wildman–Crippen MR) is 74.3 cm³/mol. The first-order chi connectivity index (χ1) is 9.25. The maximum Gasteiger partial charge on any atom is 0.229 e. The van der Waals surface area contributed by atoms with Gasteiger partial charge in [0.2, 0.25) is 5.28 Å². The molecule has 96 valence electrons. The Morgan fingerprint density at radius 3 is 2.79 bits per heavy atom. The summed E-state index contributed by atoms with van der Waals surface area (Å²) in [5.74, 6) is 1.27. The lowest BCUT2D eigenvalue weighted by molar-refractivity contribution is 0.874. The molecule has 0 aliphatic heterocycles. The molecular formula is C11H7Cl2N5S. The summed E-state index contributed by atoms with van der Waals surface area (Å²) in [5.41, 5.74) is 2.27. The lowest BCUT2D eigenvalue weighted by Crippen LogP contribution is -2.02. The minimum absolute atomic E-state index is 0.310. The third-order valence-electron chi connectivity index (χ3n) is 3.17.